The number of hydrogen-bond donors (Lipinski definition) is 2. The van der Waals surface area contributed by atoms with Gasteiger partial charge in [-0.3, -0.25) is 9.57 Å². The molecule has 3 rings (SSSR count). The molecule has 1 unspecified atom stereocenters. The highest BCUT2D eigenvalue weighted by Crippen LogP contribution is 2.35. The summed E-state index contributed by atoms with van der Waals surface area (Å²) in [7, 11) is 0.531. The van der Waals surface area contributed by atoms with E-state index in [1.807, 2.05) is 19.1 Å². The van der Waals surface area contributed by atoms with E-state index < -0.39 is 22.1 Å². The zero-order chi connectivity index (χ0) is 17.4. The highest BCUT2D eigenvalue weighted by Gasteiger charge is 2.27. The molecular weight excluding hydrogens is 328 g/mol. The topological polar surface area (TPSA) is 92.4 Å². The summed E-state index contributed by atoms with van der Waals surface area (Å²) >= 11 is 0. The van der Waals surface area contributed by atoms with E-state index in [9.17, 15) is 14.7 Å². The van der Waals surface area contributed by atoms with E-state index in [1.165, 1.54) is 6.20 Å². The molecule has 2 aromatic rings. The average molecular weight is 344 g/mol. The van der Waals surface area contributed by atoms with Gasteiger partial charge in [-0.25, -0.2) is 4.79 Å². The van der Waals surface area contributed by atoms with Gasteiger partial charge >= 0.3 is 5.97 Å². The molecule has 0 saturated heterocycles. The number of carboxylic acids is 1. The maximum absolute atomic E-state index is 12.5. The number of benzene rings is 1. The van der Waals surface area contributed by atoms with Crippen molar-refractivity contribution < 1.29 is 14.6 Å². The SMILES string of the molecule is CCn1cc(C(=O)O)c(=O)c2c1S(=N)C(c1ccc(OC)cc1)=C2. The molecule has 0 spiro atoms. The second-order valence-electron chi connectivity index (χ2n) is 5.23. The summed E-state index contributed by atoms with van der Waals surface area (Å²) in [6.07, 6.45) is 2.98. The first-order chi connectivity index (χ1) is 11.5. The van der Waals surface area contributed by atoms with Gasteiger partial charge in [-0.15, -0.1) is 0 Å². The second-order valence-corrected chi connectivity index (χ2v) is 6.66. The van der Waals surface area contributed by atoms with Gasteiger partial charge < -0.3 is 14.4 Å². The number of hydrogen-bond acceptors (Lipinski definition) is 4. The number of carbonyl (C=O) groups is 1. The third kappa shape index (κ3) is 2.46. The molecule has 24 heavy (non-hydrogen) atoms. The Labute approximate surface area is 140 Å². The predicted molar refractivity (Wildman–Crippen MR) is 92.6 cm³/mol. The molecule has 1 aromatic carbocycles. The number of pyridine rings is 1. The van der Waals surface area contributed by atoms with Crippen molar-refractivity contribution in [2.24, 2.45) is 0 Å². The fourth-order valence-electron chi connectivity index (χ4n) is 2.66. The normalized spacial score (nSPS) is 15.8. The van der Waals surface area contributed by atoms with Crippen molar-refractivity contribution in [1.82, 2.24) is 4.57 Å². The van der Waals surface area contributed by atoms with Gasteiger partial charge in [-0.1, -0.05) is 12.1 Å². The average Bonchev–Trinajstić information content (AvgIpc) is 2.93. The molecule has 1 aliphatic heterocycles. The monoisotopic (exact) mass is 344 g/mol. The quantitative estimate of drug-likeness (QED) is 0.892. The summed E-state index contributed by atoms with van der Waals surface area (Å²) in [5.74, 6) is -0.540. The van der Waals surface area contributed by atoms with Crippen molar-refractivity contribution in [2.75, 3.05) is 7.11 Å². The van der Waals surface area contributed by atoms with E-state index in [0.29, 0.717) is 27.8 Å². The van der Waals surface area contributed by atoms with Crippen LogP contribution in [-0.4, -0.2) is 22.8 Å². The zero-order valence-corrected chi connectivity index (χ0v) is 14.0. The van der Waals surface area contributed by atoms with Gasteiger partial charge in [0.2, 0.25) is 5.43 Å². The molecule has 0 radical (unpaired) electrons. The lowest BCUT2D eigenvalue weighted by Gasteiger charge is -2.13. The van der Waals surface area contributed by atoms with Crippen molar-refractivity contribution in [1.29, 1.82) is 4.78 Å². The lowest BCUT2D eigenvalue weighted by Crippen LogP contribution is -2.22. The fourth-order valence-corrected chi connectivity index (χ4v) is 4.27. The third-order valence-electron chi connectivity index (χ3n) is 3.90. The highest BCUT2D eigenvalue weighted by molar-refractivity contribution is 7.96. The Kier molecular flexibility index (Phi) is 4.11. The smallest absolute Gasteiger partial charge is 0.341 e. The maximum atomic E-state index is 12.5. The van der Waals surface area contributed by atoms with Crippen LogP contribution in [0.25, 0.3) is 11.0 Å². The maximum Gasteiger partial charge on any atom is 0.341 e. The summed E-state index contributed by atoms with van der Waals surface area (Å²) in [5.41, 5.74) is 0.334. The minimum absolute atomic E-state index is 0.264. The molecule has 2 heterocycles. The molecule has 0 saturated carbocycles. The largest absolute Gasteiger partial charge is 0.497 e. The molecule has 0 amide bonds. The molecule has 0 bridgehead atoms. The molecule has 1 aliphatic rings. The lowest BCUT2D eigenvalue weighted by atomic mass is 10.1. The minimum atomic E-state index is -1.25. The van der Waals surface area contributed by atoms with Crippen LogP contribution in [0, 0.1) is 4.78 Å². The number of aryl methyl sites for hydroxylation is 1. The first-order valence-corrected chi connectivity index (χ1v) is 8.52. The Hall–Kier alpha value is -2.67. The van der Waals surface area contributed by atoms with Gasteiger partial charge in [0.15, 0.2) is 0 Å². The summed E-state index contributed by atoms with van der Waals surface area (Å²) in [4.78, 5) is 24.5. The van der Waals surface area contributed by atoms with Gasteiger partial charge in [-0.05, 0) is 41.4 Å². The summed E-state index contributed by atoms with van der Waals surface area (Å²) in [5, 5.41) is 9.80. The number of carboxylic acid groups (broad SMARTS) is 1. The molecule has 6 nitrogen and oxygen atoms in total. The van der Waals surface area contributed by atoms with Crippen molar-refractivity contribution in [3.05, 3.63) is 57.4 Å². The van der Waals surface area contributed by atoms with Crippen LogP contribution in [-0.2, 0) is 17.2 Å². The molecule has 2 N–H and O–H groups in total. The number of aromatic nitrogens is 1. The molecule has 0 aliphatic carbocycles. The van der Waals surface area contributed by atoms with Crippen LogP contribution in [0.3, 0.4) is 0 Å². The van der Waals surface area contributed by atoms with Crippen LogP contribution in [0.1, 0.15) is 28.4 Å². The predicted octanol–water partition coefficient (Wildman–Crippen LogP) is 2.83. The van der Waals surface area contributed by atoms with E-state index in [2.05, 4.69) is 0 Å². The summed E-state index contributed by atoms with van der Waals surface area (Å²) in [6.45, 7) is 2.36. The van der Waals surface area contributed by atoms with Crippen LogP contribution >= 0.6 is 0 Å². The molecular formula is C17H16N2O4S. The van der Waals surface area contributed by atoms with Crippen molar-refractivity contribution >= 4 is 27.6 Å². The first-order valence-electron chi connectivity index (χ1n) is 7.30. The standard InChI is InChI=1S/C17H16N2O4S/c1-3-19-9-13(17(21)22)15(20)12-8-14(24(18)16(12)19)10-4-6-11(23-2)7-5-10/h4-9,18H,3H2,1-2H3,(H,21,22). The molecule has 1 atom stereocenters. The Morgan fingerprint density at radius 2 is 2.00 bits per heavy atom. The number of rotatable bonds is 4. The van der Waals surface area contributed by atoms with Crippen molar-refractivity contribution in [2.45, 2.75) is 18.5 Å². The number of fused-ring (bicyclic) bond motifs is 1. The summed E-state index contributed by atoms with van der Waals surface area (Å²) < 4.78 is 15.4. The highest BCUT2D eigenvalue weighted by atomic mass is 32.2. The van der Waals surface area contributed by atoms with Crippen LogP contribution < -0.4 is 10.2 Å². The van der Waals surface area contributed by atoms with Crippen LogP contribution in [0.5, 0.6) is 5.75 Å². The van der Waals surface area contributed by atoms with E-state index in [1.54, 1.807) is 29.9 Å². The van der Waals surface area contributed by atoms with Gasteiger partial charge in [0.1, 0.15) is 16.3 Å². The van der Waals surface area contributed by atoms with Crippen LogP contribution in [0.4, 0.5) is 0 Å². The second kappa shape index (κ2) is 6.09. The van der Waals surface area contributed by atoms with E-state index >= 15 is 0 Å². The van der Waals surface area contributed by atoms with Crippen LogP contribution in [0.15, 0.2) is 40.3 Å². The van der Waals surface area contributed by atoms with Crippen molar-refractivity contribution in [3.63, 3.8) is 0 Å². The number of ether oxygens (including phenoxy) is 1. The number of nitrogens with zero attached hydrogens (tertiary/aromatic N) is 1. The molecule has 0 fully saturated rings. The zero-order valence-electron chi connectivity index (χ0n) is 13.2. The minimum Gasteiger partial charge on any atom is -0.497 e. The summed E-state index contributed by atoms with van der Waals surface area (Å²) in [6, 6.07) is 7.27. The van der Waals surface area contributed by atoms with Gasteiger partial charge in [-0.2, -0.15) is 0 Å². The first kappa shape index (κ1) is 16.2. The lowest BCUT2D eigenvalue weighted by molar-refractivity contribution is 0.0694. The van der Waals surface area contributed by atoms with Crippen LogP contribution in [0.2, 0.25) is 0 Å². The molecule has 7 heteroatoms. The third-order valence-corrected chi connectivity index (χ3v) is 5.53. The van der Waals surface area contributed by atoms with E-state index in [4.69, 9.17) is 9.52 Å². The molecule has 124 valence electrons. The molecule has 1 aromatic heterocycles. The Bertz CT molecular complexity index is 942. The Morgan fingerprint density at radius 1 is 1.33 bits per heavy atom. The number of nitrogens with one attached hydrogen (secondary N) is 1. The Balaban J connectivity index is 2.19. The number of methoxy groups -OCH3 is 1. The number of aromatic carboxylic acids is 1. The van der Waals surface area contributed by atoms with E-state index in [0.717, 1.165) is 5.56 Å². The van der Waals surface area contributed by atoms with E-state index in [-0.39, 0.29) is 5.56 Å². The van der Waals surface area contributed by atoms with Gasteiger partial charge in [0, 0.05) is 17.6 Å². The van der Waals surface area contributed by atoms with Crippen molar-refractivity contribution in [3.8, 4) is 5.75 Å². The van der Waals surface area contributed by atoms with Gasteiger partial charge in [0.05, 0.1) is 12.7 Å². The Morgan fingerprint density at radius 3 is 2.54 bits per heavy atom. The van der Waals surface area contributed by atoms with Gasteiger partial charge in [0.25, 0.3) is 0 Å². The fraction of sp³-hybridized carbons (Fsp3) is 0.176.